The molecule has 1 N–H and O–H groups in total. The van der Waals surface area contributed by atoms with Gasteiger partial charge in [0.1, 0.15) is 0 Å². The SMILES string of the molecule is CN=C(NCC(C)(C)SC)N1CCC(CC(C)C)C1. The first-order valence-electron chi connectivity index (χ1n) is 7.38. The van der Waals surface area contributed by atoms with Crippen LogP contribution >= 0.6 is 11.8 Å². The van der Waals surface area contributed by atoms with E-state index in [9.17, 15) is 0 Å². The first-order valence-corrected chi connectivity index (χ1v) is 8.61. The maximum atomic E-state index is 4.44. The number of aliphatic imine (C=N–C) groups is 1. The van der Waals surface area contributed by atoms with Gasteiger partial charge in [0.2, 0.25) is 0 Å². The number of guanidine groups is 1. The molecule has 1 heterocycles. The van der Waals surface area contributed by atoms with Crippen molar-refractivity contribution < 1.29 is 0 Å². The molecule has 1 saturated heterocycles. The second kappa shape index (κ2) is 7.41. The van der Waals surface area contributed by atoms with Crippen LogP contribution in [0.25, 0.3) is 0 Å². The van der Waals surface area contributed by atoms with Crippen LogP contribution in [0.4, 0.5) is 0 Å². The molecule has 4 heteroatoms. The minimum Gasteiger partial charge on any atom is -0.355 e. The number of thioether (sulfide) groups is 1. The third-order valence-corrected chi connectivity index (χ3v) is 5.08. The van der Waals surface area contributed by atoms with Gasteiger partial charge in [0.05, 0.1) is 0 Å². The molecule has 0 aliphatic carbocycles. The fourth-order valence-corrected chi connectivity index (χ4v) is 2.80. The minimum absolute atomic E-state index is 0.257. The van der Waals surface area contributed by atoms with Gasteiger partial charge in [-0.05, 0) is 44.8 Å². The number of nitrogens with zero attached hydrogens (tertiary/aromatic N) is 2. The summed E-state index contributed by atoms with van der Waals surface area (Å²) < 4.78 is 0.257. The van der Waals surface area contributed by atoms with Gasteiger partial charge in [0.25, 0.3) is 0 Å². The molecule has 0 aromatic rings. The molecule has 0 bridgehead atoms. The molecule has 0 aromatic heterocycles. The predicted octanol–water partition coefficient (Wildman–Crippen LogP) is 3.07. The van der Waals surface area contributed by atoms with Crippen molar-refractivity contribution in [1.82, 2.24) is 10.2 Å². The topological polar surface area (TPSA) is 27.6 Å². The Morgan fingerprint density at radius 3 is 2.68 bits per heavy atom. The van der Waals surface area contributed by atoms with Crippen molar-refractivity contribution >= 4 is 17.7 Å². The molecule has 3 nitrogen and oxygen atoms in total. The third-order valence-electron chi connectivity index (χ3n) is 3.83. The van der Waals surface area contributed by atoms with Crippen LogP contribution in [-0.2, 0) is 0 Å². The minimum atomic E-state index is 0.257. The Labute approximate surface area is 123 Å². The summed E-state index contributed by atoms with van der Waals surface area (Å²) in [6.45, 7) is 12.4. The second-order valence-corrected chi connectivity index (χ2v) is 8.11. The molecule has 112 valence electrons. The zero-order valence-electron chi connectivity index (χ0n) is 13.5. The lowest BCUT2D eigenvalue weighted by atomic mass is 9.97. The molecule has 1 aliphatic rings. The quantitative estimate of drug-likeness (QED) is 0.621. The molecule has 0 saturated carbocycles. The highest BCUT2D eigenvalue weighted by Gasteiger charge is 2.26. The Bertz CT molecular complexity index is 300. The first-order chi connectivity index (χ1) is 8.88. The molecule has 1 unspecified atom stereocenters. The lowest BCUT2D eigenvalue weighted by Gasteiger charge is -2.27. The summed E-state index contributed by atoms with van der Waals surface area (Å²) in [7, 11) is 1.89. The summed E-state index contributed by atoms with van der Waals surface area (Å²) >= 11 is 1.90. The lowest BCUT2D eigenvalue weighted by Crippen LogP contribution is -2.44. The number of hydrogen-bond donors (Lipinski definition) is 1. The van der Waals surface area contributed by atoms with Crippen LogP contribution in [0.2, 0.25) is 0 Å². The normalized spacial score (nSPS) is 21.3. The molecule has 0 radical (unpaired) electrons. The summed E-state index contributed by atoms with van der Waals surface area (Å²) in [5.74, 6) is 2.72. The number of hydrogen-bond acceptors (Lipinski definition) is 2. The van der Waals surface area contributed by atoms with E-state index in [2.05, 4.69) is 49.2 Å². The summed E-state index contributed by atoms with van der Waals surface area (Å²) in [6.07, 6.45) is 4.81. The number of likely N-dealkylation sites (tertiary alicyclic amines) is 1. The summed E-state index contributed by atoms with van der Waals surface area (Å²) in [6, 6.07) is 0. The van der Waals surface area contributed by atoms with Crippen molar-refractivity contribution in [2.24, 2.45) is 16.8 Å². The molecular weight excluding hydrogens is 254 g/mol. The molecule has 0 amide bonds. The van der Waals surface area contributed by atoms with Crippen molar-refractivity contribution in [2.45, 2.75) is 45.3 Å². The van der Waals surface area contributed by atoms with E-state index in [0.29, 0.717) is 0 Å². The highest BCUT2D eigenvalue weighted by atomic mass is 32.2. The highest BCUT2D eigenvalue weighted by molar-refractivity contribution is 7.99. The molecule has 1 rings (SSSR count). The van der Waals surface area contributed by atoms with Crippen LogP contribution in [-0.4, -0.2) is 48.5 Å². The Kier molecular flexibility index (Phi) is 6.51. The Hall–Kier alpha value is -0.380. The molecule has 1 atom stereocenters. The highest BCUT2D eigenvalue weighted by Crippen LogP contribution is 2.24. The van der Waals surface area contributed by atoms with Gasteiger partial charge in [0, 0.05) is 31.4 Å². The van der Waals surface area contributed by atoms with E-state index in [1.807, 2.05) is 18.8 Å². The van der Waals surface area contributed by atoms with E-state index >= 15 is 0 Å². The third kappa shape index (κ3) is 5.64. The maximum absolute atomic E-state index is 4.44. The van der Waals surface area contributed by atoms with Crippen LogP contribution < -0.4 is 5.32 Å². The first kappa shape index (κ1) is 16.7. The predicted molar refractivity (Wildman–Crippen MR) is 88.1 cm³/mol. The van der Waals surface area contributed by atoms with E-state index in [0.717, 1.165) is 37.4 Å². The van der Waals surface area contributed by atoms with Crippen LogP contribution in [0.3, 0.4) is 0 Å². The van der Waals surface area contributed by atoms with Gasteiger partial charge in [0.15, 0.2) is 5.96 Å². The van der Waals surface area contributed by atoms with Gasteiger partial charge >= 0.3 is 0 Å². The van der Waals surface area contributed by atoms with Crippen LogP contribution in [0.15, 0.2) is 4.99 Å². The fourth-order valence-electron chi connectivity index (χ4n) is 2.58. The van der Waals surface area contributed by atoms with Crippen molar-refractivity contribution in [1.29, 1.82) is 0 Å². The van der Waals surface area contributed by atoms with Gasteiger partial charge in [-0.1, -0.05) is 13.8 Å². The maximum Gasteiger partial charge on any atom is 0.193 e. The molecule has 19 heavy (non-hydrogen) atoms. The van der Waals surface area contributed by atoms with Gasteiger partial charge in [-0.2, -0.15) is 11.8 Å². The number of nitrogens with one attached hydrogen (secondary N) is 1. The fraction of sp³-hybridized carbons (Fsp3) is 0.933. The van der Waals surface area contributed by atoms with Crippen LogP contribution in [0, 0.1) is 11.8 Å². The Balaban J connectivity index is 2.45. The average Bonchev–Trinajstić information content (AvgIpc) is 2.77. The largest absolute Gasteiger partial charge is 0.355 e. The van der Waals surface area contributed by atoms with E-state index in [1.165, 1.54) is 12.8 Å². The van der Waals surface area contributed by atoms with Crippen molar-refractivity contribution in [3.8, 4) is 0 Å². The zero-order chi connectivity index (χ0) is 14.5. The molecule has 1 fully saturated rings. The van der Waals surface area contributed by atoms with Crippen LogP contribution in [0.5, 0.6) is 0 Å². The van der Waals surface area contributed by atoms with Gasteiger partial charge < -0.3 is 10.2 Å². The summed E-state index contributed by atoms with van der Waals surface area (Å²) in [5.41, 5.74) is 0. The molecule has 0 aromatic carbocycles. The second-order valence-electron chi connectivity index (χ2n) is 6.59. The van der Waals surface area contributed by atoms with E-state index in [-0.39, 0.29) is 4.75 Å². The van der Waals surface area contributed by atoms with Crippen molar-refractivity contribution in [2.75, 3.05) is 32.9 Å². The standard InChI is InChI=1S/C15H31N3S/c1-12(2)9-13-7-8-18(10-13)14(16-5)17-11-15(3,4)19-6/h12-13H,7-11H2,1-6H3,(H,16,17). The van der Waals surface area contributed by atoms with Crippen LogP contribution in [0.1, 0.15) is 40.5 Å². The van der Waals surface area contributed by atoms with Gasteiger partial charge in [-0.3, -0.25) is 4.99 Å². The molecule has 1 aliphatic heterocycles. The van der Waals surface area contributed by atoms with Gasteiger partial charge in [-0.25, -0.2) is 0 Å². The van der Waals surface area contributed by atoms with E-state index < -0.39 is 0 Å². The molecular formula is C15H31N3S. The van der Waals surface area contributed by atoms with E-state index in [1.54, 1.807) is 0 Å². The monoisotopic (exact) mass is 285 g/mol. The smallest absolute Gasteiger partial charge is 0.193 e. The summed E-state index contributed by atoms with van der Waals surface area (Å²) in [5, 5.41) is 3.53. The Morgan fingerprint density at radius 1 is 1.47 bits per heavy atom. The van der Waals surface area contributed by atoms with Crippen molar-refractivity contribution in [3.05, 3.63) is 0 Å². The van der Waals surface area contributed by atoms with Gasteiger partial charge in [-0.15, -0.1) is 0 Å². The number of rotatable bonds is 5. The summed E-state index contributed by atoms with van der Waals surface area (Å²) in [4.78, 5) is 6.86. The van der Waals surface area contributed by atoms with Crippen molar-refractivity contribution in [3.63, 3.8) is 0 Å². The zero-order valence-corrected chi connectivity index (χ0v) is 14.3. The van der Waals surface area contributed by atoms with E-state index in [4.69, 9.17) is 0 Å². The lowest BCUT2D eigenvalue weighted by molar-refractivity contribution is 0.403. The Morgan fingerprint density at radius 2 is 2.16 bits per heavy atom. The molecule has 0 spiro atoms. The average molecular weight is 286 g/mol.